The van der Waals surface area contributed by atoms with Crippen molar-refractivity contribution in [1.29, 1.82) is 0 Å². The molecule has 1 fully saturated rings. The van der Waals surface area contributed by atoms with Crippen molar-refractivity contribution in [2.24, 2.45) is 0 Å². The number of para-hydroxylation sites is 1. The van der Waals surface area contributed by atoms with Gasteiger partial charge in [-0.05, 0) is 25.1 Å². The summed E-state index contributed by atoms with van der Waals surface area (Å²) in [6.45, 7) is 5.98. The van der Waals surface area contributed by atoms with Gasteiger partial charge < -0.3 is 15.0 Å². The molecule has 0 aliphatic carbocycles. The van der Waals surface area contributed by atoms with Gasteiger partial charge in [0.25, 0.3) is 0 Å². The van der Waals surface area contributed by atoms with E-state index >= 15 is 0 Å². The molecule has 1 aliphatic rings. The standard InChI is InChI=1S/C14H22N2O/c1-3-12-6-4-5-7-14(12)15-10-13-11-16(2)8-9-17-13/h4-7,13,15H,3,8-11H2,1-2H3. The van der Waals surface area contributed by atoms with Crippen molar-refractivity contribution in [1.82, 2.24) is 4.90 Å². The van der Waals surface area contributed by atoms with E-state index in [0.29, 0.717) is 6.10 Å². The maximum absolute atomic E-state index is 5.74. The van der Waals surface area contributed by atoms with Crippen LogP contribution in [0.1, 0.15) is 12.5 Å². The molecule has 1 unspecified atom stereocenters. The Labute approximate surface area is 104 Å². The summed E-state index contributed by atoms with van der Waals surface area (Å²) in [6, 6.07) is 8.49. The number of nitrogens with one attached hydrogen (secondary N) is 1. The van der Waals surface area contributed by atoms with Crippen LogP contribution in [0.2, 0.25) is 0 Å². The lowest BCUT2D eigenvalue weighted by Gasteiger charge is -2.30. The summed E-state index contributed by atoms with van der Waals surface area (Å²) in [7, 11) is 2.15. The highest BCUT2D eigenvalue weighted by Gasteiger charge is 2.17. The molecule has 0 spiro atoms. The highest BCUT2D eigenvalue weighted by atomic mass is 16.5. The molecule has 1 N–H and O–H groups in total. The number of morpholine rings is 1. The van der Waals surface area contributed by atoms with Gasteiger partial charge in [-0.25, -0.2) is 0 Å². The maximum Gasteiger partial charge on any atom is 0.0874 e. The van der Waals surface area contributed by atoms with E-state index in [1.165, 1.54) is 11.3 Å². The number of likely N-dealkylation sites (N-methyl/N-ethyl adjacent to an activating group) is 1. The Hall–Kier alpha value is -1.06. The van der Waals surface area contributed by atoms with Crippen LogP contribution >= 0.6 is 0 Å². The Kier molecular flexibility index (Phi) is 4.40. The first-order valence-corrected chi connectivity index (χ1v) is 6.41. The van der Waals surface area contributed by atoms with Gasteiger partial charge in [0, 0.05) is 25.3 Å². The molecule has 3 nitrogen and oxygen atoms in total. The number of hydrogen-bond donors (Lipinski definition) is 1. The van der Waals surface area contributed by atoms with Crippen molar-refractivity contribution in [2.45, 2.75) is 19.4 Å². The second-order valence-electron chi connectivity index (χ2n) is 4.65. The fraction of sp³-hybridized carbons (Fsp3) is 0.571. The molecule has 1 aliphatic heterocycles. The molecule has 1 aromatic rings. The molecule has 0 radical (unpaired) electrons. The van der Waals surface area contributed by atoms with Gasteiger partial charge in [0.05, 0.1) is 12.7 Å². The van der Waals surface area contributed by atoms with Gasteiger partial charge in [-0.2, -0.15) is 0 Å². The Morgan fingerprint density at radius 2 is 2.24 bits per heavy atom. The Balaban J connectivity index is 1.88. The predicted octanol–water partition coefficient (Wildman–Crippen LogP) is 1.99. The summed E-state index contributed by atoms with van der Waals surface area (Å²) in [5.74, 6) is 0. The predicted molar refractivity (Wildman–Crippen MR) is 71.5 cm³/mol. The lowest BCUT2D eigenvalue weighted by molar-refractivity contribution is -0.0117. The van der Waals surface area contributed by atoms with E-state index in [9.17, 15) is 0 Å². The number of hydrogen-bond acceptors (Lipinski definition) is 3. The first-order valence-electron chi connectivity index (χ1n) is 6.41. The van der Waals surface area contributed by atoms with E-state index in [0.717, 1.165) is 32.7 Å². The zero-order valence-electron chi connectivity index (χ0n) is 10.8. The molecule has 1 aromatic carbocycles. The van der Waals surface area contributed by atoms with Gasteiger partial charge >= 0.3 is 0 Å². The molecule has 0 bridgehead atoms. The third-order valence-corrected chi connectivity index (χ3v) is 3.26. The van der Waals surface area contributed by atoms with Crippen LogP contribution in [0.15, 0.2) is 24.3 Å². The molecule has 1 atom stereocenters. The van der Waals surface area contributed by atoms with Crippen LogP contribution in [0, 0.1) is 0 Å². The number of anilines is 1. The fourth-order valence-electron chi connectivity index (χ4n) is 2.22. The van der Waals surface area contributed by atoms with Crippen LogP contribution in [0.5, 0.6) is 0 Å². The van der Waals surface area contributed by atoms with Crippen molar-refractivity contribution in [3.63, 3.8) is 0 Å². The van der Waals surface area contributed by atoms with Crippen molar-refractivity contribution in [3.05, 3.63) is 29.8 Å². The Morgan fingerprint density at radius 3 is 3.00 bits per heavy atom. The molecule has 3 heteroatoms. The van der Waals surface area contributed by atoms with Gasteiger partial charge in [-0.15, -0.1) is 0 Å². The van der Waals surface area contributed by atoms with Crippen LogP contribution < -0.4 is 5.32 Å². The van der Waals surface area contributed by atoms with E-state index in [1.54, 1.807) is 0 Å². The van der Waals surface area contributed by atoms with E-state index < -0.39 is 0 Å². The molecular formula is C14H22N2O. The maximum atomic E-state index is 5.74. The number of ether oxygens (including phenoxy) is 1. The zero-order valence-corrected chi connectivity index (χ0v) is 10.8. The number of aryl methyl sites for hydroxylation is 1. The number of rotatable bonds is 4. The second-order valence-corrected chi connectivity index (χ2v) is 4.65. The van der Waals surface area contributed by atoms with E-state index in [4.69, 9.17) is 4.74 Å². The monoisotopic (exact) mass is 234 g/mol. The van der Waals surface area contributed by atoms with Crippen LogP contribution in [0.3, 0.4) is 0 Å². The summed E-state index contributed by atoms with van der Waals surface area (Å²) < 4.78 is 5.74. The van der Waals surface area contributed by atoms with Crippen molar-refractivity contribution >= 4 is 5.69 Å². The average Bonchev–Trinajstić information content (AvgIpc) is 2.37. The first kappa shape index (κ1) is 12.4. The quantitative estimate of drug-likeness (QED) is 0.862. The van der Waals surface area contributed by atoms with Crippen LogP contribution in [-0.4, -0.2) is 44.3 Å². The van der Waals surface area contributed by atoms with E-state index in [2.05, 4.69) is 48.5 Å². The fourth-order valence-corrected chi connectivity index (χ4v) is 2.22. The van der Waals surface area contributed by atoms with Crippen molar-refractivity contribution in [2.75, 3.05) is 38.6 Å². The molecule has 0 amide bonds. The molecule has 1 saturated heterocycles. The minimum absolute atomic E-state index is 0.304. The average molecular weight is 234 g/mol. The highest BCUT2D eigenvalue weighted by Crippen LogP contribution is 2.16. The minimum atomic E-state index is 0.304. The molecule has 2 rings (SSSR count). The summed E-state index contributed by atoms with van der Waals surface area (Å²) in [6.07, 6.45) is 1.37. The molecule has 94 valence electrons. The van der Waals surface area contributed by atoms with E-state index in [-0.39, 0.29) is 0 Å². The van der Waals surface area contributed by atoms with Crippen LogP contribution in [0.25, 0.3) is 0 Å². The summed E-state index contributed by atoms with van der Waals surface area (Å²) in [4.78, 5) is 2.32. The zero-order chi connectivity index (χ0) is 12.1. The van der Waals surface area contributed by atoms with Gasteiger partial charge in [0.15, 0.2) is 0 Å². The normalized spacial score (nSPS) is 21.4. The largest absolute Gasteiger partial charge is 0.382 e. The lowest BCUT2D eigenvalue weighted by Crippen LogP contribution is -2.43. The van der Waals surface area contributed by atoms with Gasteiger partial charge in [-0.3, -0.25) is 0 Å². The summed E-state index contributed by atoms with van der Waals surface area (Å²) in [5.41, 5.74) is 2.61. The lowest BCUT2D eigenvalue weighted by atomic mass is 10.1. The van der Waals surface area contributed by atoms with Gasteiger partial charge in [0.2, 0.25) is 0 Å². The molecule has 0 saturated carbocycles. The Bertz CT molecular complexity index is 354. The third kappa shape index (κ3) is 3.45. The highest BCUT2D eigenvalue weighted by molar-refractivity contribution is 5.51. The van der Waals surface area contributed by atoms with E-state index in [1.807, 2.05) is 0 Å². The first-order chi connectivity index (χ1) is 8.29. The SMILES string of the molecule is CCc1ccccc1NCC1CN(C)CCO1. The van der Waals surface area contributed by atoms with Crippen LogP contribution in [-0.2, 0) is 11.2 Å². The summed E-state index contributed by atoms with van der Waals surface area (Å²) in [5, 5.41) is 3.50. The number of nitrogens with zero attached hydrogens (tertiary/aromatic N) is 1. The third-order valence-electron chi connectivity index (χ3n) is 3.26. The van der Waals surface area contributed by atoms with Crippen molar-refractivity contribution in [3.8, 4) is 0 Å². The number of benzene rings is 1. The molecular weight excluding hydrogens is 212 g/mol. The molecule has 0 aromatic heterocycles. The molecule has 17 heavy (non-hydrogen) atoms. The smallest absolute Gasteiger partial charge is 0.0874 e. The second kappa shape index (κ2) is 6.03. The van der Waals surface area contributed by atoms with Gasteiger partial charge in [-0.1, -0.05) is 25.1 Å². The van der Waals surface area contributed by atoms with Gasteiger partial charge in [0.1, 0.15) is 0 Å². The molecule has 1 heterocycles. The Morgan fingerprint density at radius 1 is 1.41 bits per heavy atom. The van der Waals surface area contributed by atoms with Crippen LogP contribution in [0.4, 0.5) is 5.69 Å². The summed E-state index contributed by atoms with van der Waals surface area (Å²) >= 11 is 0. The van der Waals surface area contributed by atoms with Crippen molar-refractivity contribution < 1.29 is 4.74 Å². The topological polar surface area (TPSA) is 24.5 Å². The minimum Gasteiger partial charge on any atom is -0.382 e.